The van der Waals surface area contributed by atoms with Gasteiger partial charge in [-0.3, -0.25) is 9.48 Å². The summed E-state index contributed by atoms with van der Waals surface area (Å²) in [6.07, 6.45) is 4.63. The molecule has 0 N–H and O–H groups in total. The van der Waals surface area contributed by atoms with Crippen molar-refractivity contribution in [2.24, 2.45) is 13.0 Å². The molecule has 30 heavy (non-hydrogen) atoms. The van der Waals surface area contributed by atoms with Gasteiger partial charge in [0.05, 0.1) is 23.8 Å². The van der Waals surface area contributed by atoms with Gasteiger partial charge in [-0.15, -0.1) is 0 Å². The minimum atomic E-state index is 0.0324. The number of benzene rings is 1. The lowest BCUT2D eigenvalue weighted by atomic mass is 10.0. The van der Waals surface area contributed by atoms with E-state index in [1.807, 2.05) is 49.2 Å². The Morgan fingerprint density at radius 1 is 1.20 bits per heavy atom. The monoisotopic (exact) mass is 404 g/mol. The van der Waals surface area contributed by atoms with E-state index in [2.05, 4.69) is 12.0 Å². The van der Waals surface area contributed by atoms with Crippen molar-refractivity contribution in [2.45, 2.75) is 51.5 Å². The predicted molar refractivity (Wildman–Crippen MR) is 117 cm³/mol. The van der Waals surface area contributed by atoms with Gasteiger partial charge in [0.15, 0.2) is 5.65 Å². The van der Waals surface area contributed by atoms with Gasteiger partial charge in [-0.25, -0.2) is 4.98 Å². The molecule has 6 heteroatoms. The van der Waals surface area contributed by atoms with Crippen LogP contribution in [-0.2, 0) is 7.05 Å². The van der Waals surface area contributed by atoms with E-state index < -0.39 is 0 Å². The molecule has 2 aliphatic rings. The van der Waals surface area contributed by atoms with Crippen LogP contribution in [0, 0.1) is 12.8 Å². The molecule has 1 aromatic carbocycles. The molecule has 0 saturated heterocycles. The first-order valence-corrected chi connectivity index (χ1v) is 10.8. The highest BCUT2D eigenvalue weighted by molar-refractivity contribution is 6.14. The molecule has 0 spiro atoms. The van der Waals surface area contributed by atoms with Gasteiger partial charge < -0.3 is 9.64 Å². The van der Waals surface area contributed by atoms with Crippen LogP contribution in [0.25, 0.3) is 11.0 Å². The second-order valence-corrected chi connectivity index (χ2v) is 8.73. The van der Waals surface area contributed by atoms with E-state index >= 15 is 0 Å². The number of hydrogen-bond donors (Lipinski definition) is 0. The summed E-state index contributed by atoms with van der Waals surface area (Å²) in [6.45, 7) is 4.12. The SMILES string of the molecule is COc1ccc(N(C(=O)c2cc(C3CC3)nc3c2c(C)nn3C)C(C)C2CC2)cc1. The molecule has 5 rings (SSSR count). The number of pyridine rings is 1. The number of nitrogens with zero attached hydrogens (tertiary/aromatic N) is 4. The van der Waals surface area contributed by atoms with Crippen molar-refractivity contribution in [1.29, 1.82) is 0 Å². The molecule has 2 aliphatic carbocycles. The van der Waals surface area contributed by atoms with Gasteiger partial charge in [0.2, 0.25) is 0 Å². The molecule has 1 unspecified atom stereocenters. The molecular weight excluding hydrogens is 376 g/mol. The first-order valence-electron chi connectivity index (χ1n) is 10.8. The van der Waals surface area contributed by atoms with Gasteiger partial charge in [0, 0.05) is 30.4 Å². The van der Waals surface area contributed by atoms with Gasteiger partial charge in [0.25, 0.3) is 5.91 Å². The normalized spacial score (nSPS) is 17.2. The fourth-order valence-electron chi connectivity index (χ4n) is 4.42. The van der Waals surface area contributed by atoms with Crippen molar-refractivity contribution in [1.82, 2.24) is 14.8 Å². The Bertz CT molecular complexity index is 1110. The molecule has 2 saturated carbocycles. The van der Waals surface area contributed by atoms with Crippen LogP contribution in [0.2, 0.25) is 0 Å². The number of carbonyl (C=O) groups is 1. The highest BCUT2D eigenvalue weighted by atomic mass is 16.5. The molecule has 0 radical (unpaired) electrons. The van der Waals surface area contributed by atoms with Crippen molar-refractivity contribution < 1.29 is 9.53 Å². The largest absolute Gasteiger partial charge is 0.497 e. The number of aryl methyl sites for hydroxylation is 2. The molecule has 0 aliphatic heterocycles. The summed E-state index contributed by atoms with van der Waals surface area (Å²) in [5.74, 6) is 1.83. The Morgan fingerprint density at radius 2 is 1.90 bits per heavy atom. The fraction of sp³-hybridized carbons (Fsp3) is 0.458. The zero-order valence-electron chi connectivity index (χ0n) is 18.1. The third-order valence-corrected chi connectivity index (χ3v) is 6.50. The summed E-state index contributed by atoms with van der Waals surface area (Å²) in [5, 5.41) is 5.44. The maximum Gasteiger partial charge on any atom is 0.259 e. The Balaban J connectivity index is 1.64. The van der Waals surface area contributed by atoms with Gasteiger partial charge in [-0.2, -0.15) is 5.10 Å². The predicted octanol–water partition coefficient (Wildman–Crippen LogP) is 4.61. The summed E-state index contributed by atoms with van der Waals surface area (Å²) in [6, 6.07) is 9.95. The molecule has 1 amide bonds. The molecule has 1 atom stereocenters. The minimum Gasteiger partial charge on any atom is -0.497 e. The van der Waals surface area contributed by atoms with Gasteiger partial charge >= 0.3 is 0 Å². The van der Waals surface area contributed by atoms with Crippen LogP contribution in [0.3, 0.4) is 0 Å². The van der Waals surface area contributed by atoms with E-state index in [9.17, 15) is 4.79 Å². The Hall–Kier alpha value is -2.89. The topological polar surface area (TPSA) is 60.2 Å². The summed E-state index contributed by atoms with van der Waals surface area (Å²) in [7, 11) is 3.56. The molecule has 156 valence electrons. The van der Waals surface area contributed by atoms with Crippen LogP contribution in [0.15, 0.2) is 30.3 Å². The lowest BCUT2D eigenvalue weighted by molar-refractivity contribution is 0.0977. The quantitative estimate of drug-likeness (QED) is 0.602. The van der Waals surface area contributed by atoms with Gasteiger partial charge in [-0.1, -0.05) is 0 Å². The number of aromatic nitrogens is 3. The van der Waals surface area contributed by atoms with Crippen molar-refractivity contribution >= 4 is 22.6 Å². The van der Waals surface area contributed by atoms with E-state index in [1.165, 1.54) is 12.8 Å². The number of ether oxygens (including phenoxy) is 1. The standard InChI is InChI=1S/C24H28N4O2/c1-14-22-20(13-21(17-7-8-17)25-23(22)27(3)26-14)24(29)28(15(2)16-5-6-16)18-9-11-19(30-4)12-10-18/h9-13,15-17H,5-8H2,1-4H3. The van der Waals surface area contributed by atoms with Crippen molar-refractivity contribution in [3.63, 3.8) is 0 Å². The second kappa shape index (κ2) is 7.11. The summed E-state index contributed by atoms with van der Waals surface area (Å²) in [4.78, 5) is 20.9. The number of carbonyl (C=O) groups excluding carboxylic acids is 1. The van der Waals surface area contributed by atoms with Crippen LogP contribution in [0.1, 0.15) is 60.3 Å². The number of methoxy groups -OCH3 is 1. The smallest absolute Gasteiger partial charge is 0.259 e. The molecular formula is C24H28N4O2. The molecule has 3 aromatic rings. The van der Waals surface area contributed by atoms with Crippen LogP contribution >= 0.6 is 0 Å². The van der Waals surface area contributed by atoms with Gasteiger partial charge in [0.1, 0.15) is 5.75 Å². The highest BCUT2D eigenvalue weighted by Gasteiger charge is 2.37. The maximum atomic E-state index is 14.1. The van der Waals surface area contributed by atoms with Crippen LogP contribution in [0.4, 0.5) is 5.69 Å². The van der Waals surface area contributed by atoms with E-state index in [0.29, 0.717) is 11.8 Å². The Morgan fingerprint density at radius 3 is 2.50 bits per heavy atom. The number of anilines is 1. The fourth-order valence-corrected chi connectivity index (χ4v) is 4.42. The van der Waals surface area contributed by atoms with Crippen LogP contribution in [0.5, 0.6) is 5.75 Å². The Labute approximate surface area is 176 Å². The lowest BCUT2D eigenvalue weighted by Crippen LogP contribution is -2.40. The van der Waals surface area contributed by atoms with E-state index in [1.54, 1.807) is 11.8 Å². The number of rotatable bonds is 6. The minimum absolute atomic E-state index is 0.0324. The molecule has 6 nitrogen and oxygen atoms in total. The zero-order valence-corrected chi connectivity index (χ0v) is 18.1. The molecule has 0 bridgehead atoms. The number of amides is 1. The number of fused-ring (bicyclic) bond motifs is 1. The summed E-state index contributed by atoms with van der Waals surface area (Å²) >= 11 is 0. The maximum absolute atomic E-state index is 14.1. The Kier molecular flexibility index (Phi) is 4.53. The first kappa shape index (κ1) is 19.1. The summed E-state index contributed by atoms with van der Waals surface area (Å²) in [5.41, 5.74) is 4.28. The lowest BCUT2D eigenvalue weighted by Gasteiger charge is -2.30. The highest BCUT2D eigenvalue weighted by Crippen LogP contribution is 2.42. The average molecular weight is 405 g/mol. The third kappa shape index (κ3) is 3.24. The zero-order chi connectivity index (χ0) is 21.0. The van der Waals surface area contributed by atoms with Crippen LogP contribution in [-0.4, -0.2) is 33.8 Å². The van der Waals surface area contributed by atoms with E-state index in [-0.39, 0.29) is 11.9 Å². The van der Waals surface area contributed by atoms with Gasteiger partial charge in [-0.05, 0) is 75.8 Å². The van der Waals surface area contributed by atoms with E-state index in [0.717, 1.165) is 52.3 Å². The summed E-state index contributed by atoms with van der Waals surface area (Å²) < 4.78 is 7.12. The average Bonchev–Trinajstić information content (AvgIpc) is 3.66. The molecule has 2 fully saturated rings. The molecule has 2 heterocycles. The van der Waals surface area contributed by atoms with Crippen molar-refractivity contribution in [3.8, 4) is 5.75 Å². The second-order valence-electron chi connectivity index (χ2n) is 8.73. The first-order chi connectivity index (χ1) is 14.5. The number of hydrogen-bond acceptors (Lipinski definition) is 4. The van der Waals surface area contributed by atoms with Crippen molar-refractivity contribution in [3.05, 3.63) is 47.3 Å². The van der Waals surface area contributed by atoms with E-state index in [4.69, 9.17) is 9.72 Å². The van der Waals surface area contributed by atoms with Crippen molar-refractivity contribution in [2.75, 3.05) is 12.0 Å². The third-order valence-electron chi connectivity index (χ3n) is 6.50. The van der Waals surface area contributed by atoms with Crippen LogP contribution < -0.4 is 9.64 Å². The molecule has 2 aromatic heterocycles.